The molecule has 6 rings (SSSR count). The van der Waals surface area contributed by atoms with E-state index in [1.54, 1.807) is 7.11 Å². The maximum Gasteiger partial charge on any atom is 0.119 e. The molecule has 252 valence electrons. The van der Waals surface area contributed by atoms with Crippen molar-refractivity contribution in [3.63, 3.8) is 0 Å². The molecule has 0 saturated heterocycles. The SMILES string of the molecule is C.COc1ccc(N(c2ccc(/C=C/C=C/c3ccccc3)cc2)c2ccc(/C=C/C=C/c3ccccc3)cc2)cc1.Cc1ccc(N)cc1.[HH]. The van der Waals surface area contributed by atoms with Crippen molar-refractivity contribution in [1.82, 2.24) is 0 Å². The number of aryl methyl sites for hydroxylation is 1. The van der Waals surface area contributed by atoms with Crippen molar-refractivity contribution in [3.8, 4) is 5.75 Å². The molecule has 0 aliphatic heterocycles. The summed E-state index contributed by atoms with van der Waals surface area (Å²) in [6, 6.07) is 53.8. The number of methoxy groups -OCH3 is 1. The zero-order valence-electron chi connectivity index (χ0n) is 28.1. The van der Waals surface area contributed by atoms with Gasteiger partial charge in [0.2, 0.25) is 0 Å². The molecule has 3 heteroatoms. The first kappa shape index (κ1) is 36.5. The van der Waals surface area contributed by atoms with Crippen LogP contribution in [0, 0.1) is 6.92 Å². The number of nitrogens with zero attached hydrogens (tertiary/aromatic N) is 1. The van der Waals surface area contributed by atoms with Gasteiger partial charge in [0.1, 0.15) is 5.75 Å². The van der Waals surface area contributed by atoms with E-state index in [-0.39, 0.29) is 8.85 Å². The number of anilines is 4. The predicted molar refractivity (Wildman–Crippen MR) is 221 cm³/mol. The zero-order valence-corrected chi connectivity index (χ0v) is 28.1. The van der Waals surface area contributed by atoms with E-state index in [0.29, 0.717) is 0 Å². The molecule has 0 radical (unpaired) electrons. The Morgan fingerprint density at radius 3 is 1.14 bits per heavy atom. The molecule has 0 saturated carbocycles. The molecule has 6 aromatic carbocycles. The van der Waals surface area contributed by atoms with E-state index >= 15 is 0 Å². The number of allylic oxidation sites excluding steroid dienone is 4. The fraction of sp³-hybridized carbons (Fsp3) is 0.0638. The summed E-state index contributed by atoms with van der Waals surface area (Å²) in [5.41, 5.74) is 15.4. The molecule has 0 fully saturated rings. The lowest BCUT2D eigenvalue weighted by molar-refractivity contribution is 0.415. The van der Waals surface area contributed by atoms with Gasteiger partial charge in [-0.15, -0.1) is 0 Å². The first-order valence-electron chi connectivity index (χ1n) is 16.3. The molecular formula is C47H48N2O. The van der Waals surface area contributed by atoms with Crippen molar-refractivity contribution in [1.29, 1.82) is 0 Å². The summed E-state index contributed by atoms with van der Waals surface area (Å²) in [6.45, 7) is 2.04. The van der Waals surface area contributed by atoms with Crippen molar-refractivity contribution >= 4 is 47.1 Å². The average molecular weight is 657 g/mol. The number of hydrogen-bond acceptors (Lipinski definition) is 3. The number of ether oxygens (including phenoxy) is 1. The second-order valence-electron chi connectivity index (χ2n) is 11.4. The van der Waals surface area contributed by atoms with Gasteiger partial charge in [-0.05, 0) is 89.8 Å². The highest BCUT2D eigenvalue weighted by molar-refractivity contribution is 5.78. The molecule has 0 heterocycles. The smallest absolute Gasteiger partial charge is 0.119 e. The summed E-state index contributed by atoms with van der Waals surface area (Å²) in [7, 11) is 1.69. The predicted octanol–water partition coefficient (Wildman–Crippen LogP) is 13.1. The lowest BCUT2D eigenvalue weighted by Gasteiger charge is -2.26. The number of nitrogen functional groups attached to an aromatic ring is 1. The van der Waals surface area contributed by atoms with E-state index in [1.165, 1.54) is 16.7 Å². The summed E-state index contributed by atoms with van der Waals surface area (Å²) in [5.74, 6) is 0.835. The summed E-state index contributed by atoms with van der Waals surface area (Å²) >= 11 is 0. The van der Waals surface area contributed by atoms with Gasteiger partial charge in [0.25, 0.3) is 0 Å². The minimum absolute atomic E-state index is 0. The van der Waals surface area contributed by atoms with E-state index in [0.717, 1.165) is 39.6 Å². The van der Waals surface area contributed by atoms with Crippen LogP contribution in [-0.2, 0) is 0 Å². The zero-order chi connectivity index (χ0) is 34.1. The maximum absolute atomic E-state index is 5.43. The number of hydrogen-bond donors (Lipinski definition) is 1. The van der Waals surface area contributed by atoms with Crippen LogP contribution in [0.15, 0.2) is 182 Å². The van der Waals surface area contributed by atoms with Gasteiger partial charge >= 0.3 is 0 Å². The highest BCUT2D eigenvalue weighted by Crippen LogP contribution is 2.35. The first-order valence-corrected chi connectivity index (χ1v) is 16.3. The number of nitrogens with two attached hydrogens (primary N) is 1. The van der Waals surface area contributed by atoms with Crippen molar-refractivity contribution in [2.45, 2.75) is 14.4 Å². The largest absolute Gasteiger partial charge is 0.497 e. The molecule has 0 bridgehead atoms. The van der Waals surface area contributed by atoms with Crippen molar-refractivity contribution in [2.24, 2.45) is 0 Å². The van der Waals surface area contributed by atoms with Crippen LogP contribution in [0.1, 0.15) is 36.7 Å². The Balaban J connectivity index is 0.000000621. The average Bonchev–Trinajstić information content (AvgIpc) is 3.16. The lowest BCUT2D eigenvalue weighted by Crippen LogP contribution is -2.09. The molecule has 0 atom stereocenters. The van der Waals surface area contributed by atoms with Crippen LogP contribution in [-0.4, -0.2) is 7.11 Å². The molecular weight excluding hydrogens is 609 g/mol. The third-order valence-corrected chi connectivity index (χ3v) is 7.69. The molecule has 0 spiro atoms. The fourth-order valence-electron chi connectivity index (χ4n) is 5.01. The van der Waals surface area contributed by atoms with E-state index < -0.39 is 0 Å². The third kappa shape index (κ3) is 11.4. The van der Waals surface area contributed by atoms with Gasteiger partial charge in [-0.3, -0.25) is 0 Å². The number of rotatable bonds is 10. The molecule has 0 aliphatic rings. The van der Waals surface area contributed by atoms with E-state index in [2.05, 4.69) is 138 Å². The highest BCUT2D eigenvalue weighted by atomic mass is 16.5. The Bertz CT molecular complexity index is 1840. The maximum atomic E-state index is 5.43. The summed E-state index contributed by atoms with van der Waals surface area (Å²) in [6.07, 6.45) is 16.7. The van der Waals surface area contributed by atoms with E-state index in [9.17, 15) is 0 Å². The van der Waals surface area contributed by atoms with Gasteiger partial charge in [0, 0.05) is 24.2 Å². The molecule has 2 N–H and O–H groups in total. The Morgan fingerprint density at radius 1 is 0.460 bits per heavy atom. The second-order valence-corrected chi connectivity index (χ2v) is 11.4. The van der Waals surface area contributed by atoms with E-state index in [4.69, 9.17) is 10.5 Å². The van der Waals surface area contributed by atoms with Gasteiger partial charge in [0.15, 0.2) is 0 Å². The van der Waals surface area contributed by atoms with Gasteiger partial charge in [-0.1, -0.05) is 159 Å². The van der Waals surface area contributed by atoms with Crippen molar-refractivity contribution < 1.29 is 6.16 Å². The van der Waals surface area contributed by atoms with E-state index in [1.807, 2.05) is 79.7 Å². The molecule has 3 nitrogen and oxygen atoms in total. The third-order valence-electron chi connectivity index (χ3n) is 7.69. The first-order chi connectivity index (χ1) is 24.1. The second kappa shape index (κ2) is 19.5. The Labute approximate surface area is 300 Å². The van der Waals surface area contributed by atoms with Crippen molar-refractivity contribution in [3.05, 3.63) is 210 Å². The van der Waals surface area contributed by atoms with Crippen LogP contribution < -0.4 is 15.4 Å². The molecule has 0 unspecified atom stereocenters. The van der Waals surface area contributed by atoms with Crippen LogP contribution >= 0.6 is 0 Å². The minimum Gasteiger partial charge on any atom is -0.497 e. The quantitative estimate of drug-likeness (QED) is 0.118. The summed E-state index contributed by atoms with van der Waals surface area (Å²) in [4.78, 5) is 2.26. The Morgan fingerprint density at radius 2 is 0.800 bits per heavy atom. The summed E-state index contributed by atoms with van der Waals surface area (Å²) < 4.78 is 5.40. The highest BCUT2D eigenvalue weighted by Gasteiger charge is 2.12. The number of benzene rings is 6. The standard InChI is InChI=1S/C39H33NO.C7H9N.CH4.H2/c1-41-39-30-28-38(29-31-39)40(36-24-20-34(21-25-36)18-10-8-16-32-12-4-2-5-13-32)37-26-22-35(23-27-37)19-11-9-17-33-14-6-3-7-15-33;1-6-2-4-7(8)5-3-6;;/h2-31H,1H3;2-5H,8H2,1H3;1H4;1H/b16-8+,17-9+,18-10+,19-11+;;;. The van der Waals surface area contributed by atoms with Crippen molar-refractivity contribution in [2.75, 3.05) is 17.7 Å². The monoisotopic (exact) mass is 656 g/mol. The normalized spacial score (nSPS) is 11.0. The fourth-order valence-corrected chi connectivity index (χ4v) is 5.01. The molecule has 0 aliphatic carbocycles. The van der Waals surface area contributed by atoms with Crippen LogP contribution in [0.5, 0.6) is 5.75 Å². The minimum atomic E-state index is 0. The van der Waals surface area contributed by atoms with Crippen LogP contribution in [0.3, 0.4) is 0 Å². The van der Waals surface area contributed by atoms with Gasteiger partial charge in [0.05, 0.1) is 7.11 Å². The van der Waals surface area contributed by atoms with Gasteiger partial charge < -0.3 is 15.4 Å². The van der Waals surface area contributed by atoms with Crippen LogP contribution in [0.25, 0.3) is 24.3 Å². The van der Waals surface area contributed by atoms with Crippen LogP contribution in [0.4, 0.5) is 22.7 Å². The topological polar surface area (TPSA) is 38.5 Å². The lowest BCUT2D eigenvalue weighted by atomic mass is 10.1. The Hall–Kier alpha value is -6.32. The summed E-state index contributed by atoms with van der Waals surface area (Å²) in [5, 5.41) is 0. The Kier molecular flexibility index (Phi) is 14.2. The molecule has 50 heavy (non-hydrogen) atoms. The van der Waals surface area contributed by atoms with Crippen LogP contribution in [0.2, 0.25) is 0 Å². The molecule has 0 amide bonds. The molecule has 0 aromatic heterocycles. The van der Waals surface area contributed by atoms with Gasteiger partial charge in [-0.25, -0.2) is 0 Å². The van der Waals surface area contributed by atoms with Gasteiger partial charge in [-0.2, -0.15) is 0 Å². The molecule has 6 aromatic rings.